The van der Waals surface area contributed by atoms with Gasteiger partial charge in [0.25, 0.3) is 0 Å². The summed E-state index contributed by atoms with van der Waals surface area (Å²) < 4.78 is 46.2. The maximum absolute atomic E-state index is 13.0. The van der Waals surface area contributed by atoms with Crippen LogP contribution in [0.15, 0.2) is 67.3 Å². The van der Waals surface area contributed by atoms with Crippen molar-refractivity contribution in [3.05, 3.63) is 84.0 Å². The molecule has 0 aliphatic heterocycles. The third kappa shape index (κ3) is 5.04. The van der Waals surface area contributed by atoms with Crippen molar-refractivity contribution >= 4 is 12.0 Å². The summed E-state index contributed by atoms with van der Waals surface area (Å²) in [5.74, 6) is 0.0873. The molecule has 8 heteroatoms. The number of rotatable bonds is 6. The minimum atomic E-state index is -4.47. The number of carbonyl (C=O) groups excluding carboxylic acids is 1. The SMILES string of the molecule is COc1cc(/C=C/C(=O)NCc2ccccc2C(F)(F)F)ccc1-n1ccnc1. The molecule has 0 aliphatic carbocycles. The molecule has 1 aromatic heterocycles. The van der Waals surface area contributed by atoms with Gasteiger partial charge in [-0.1, -0.05) is 24.3 Å². The second-order valence-electron chi connectivity index (χ2n) is 6.11. The van der Waals surface area contributed by atoms with Gasteiger partial charge in [-0.05, 0) is 35.4 Å². The van der Waals surface area contributed by atoms with Crippen molar-refractivity contribution in [2.24, 2.45) is 0 Å². The highest BCUT2D eigenvalue weighted by atomic mass is 19.4. The second-order valence-corrected chi connectivity index (χ2v) is 6.11. The fraction of sp³-hybridized carbons (Fsp3) is 0.143. The molecular formula is C21H18F3N3O2. The zero-order chi connectivity index (χ0) is 20.9. The summed E-state index contributed by atoms with van der Waals surface area (Å²) in [6.07, 6.45) is 3.42. The molecule has 150 valence electrons. The number of amides is 1. The summed E-state index contributed by atoms with van der Waals surface area (Å²) in [6.45, 7) is -0.220. The topological polar surface area (TPSA) is 56.1 Å². The highest BCUT2D eigenvalue weighted by Gasteiger charge is 2.32. The van der Waals surface area contributed by atoms with Crippen molar-refractivity contribution in [2.45, 2.75) is 12.7 Å². The lowest BCUT2D eigenvalue weighted by Gasteiger charge is -2.12. The molecule has 1 N–H and O–H groups in total. The van der Waals surface area contributed by atoms with Crippen molar-refractivity contribution < 1.29 is 22.7 Å². The molecule has 5 nitrogen and oxygen atoms in total. The van der Waals surface area contributed by atoms with Crippen molar-refractivity contribution in [2.75, 3.05) is 7.11 Å². The summed E-state index contributed by atoms with van der Waals surface area (Å²) in [5, 5.41) is 2.47. The molecule has 2 aromatic carbocycles. The van der Waals surface area contributed by atoms with Crippen LogP contribution in [0.5, 0.6) is 5.75 Å². The highest BCUT2D eigenvalue weighted by Crippen LogP contribution is 2.31. The van der Waals surface area contributed by atoms with Gasteiger partial charge in [-0.3, -0.25) is 4.79 Å². The van der Waals surface area contributed by atoms with Crippen LogP contribution in [0.2, 0.25) is 0 Å². The van der Waals surface area contributed by atoms with Gasteiger partial charge < -0.3 is 14.6 Å². The highest BCUT2D eigenvalue weighted by molar-refractivity contribution is 5.91. The number of alkyl halides is 3. The fourth-order valence-electron chi connectivity index (χ4n) is 2.78. The van der Waals surface area contributed by atoms with Crippen molar-refractivity contribution in [3.8, 4) is 11.4 Å². The van der Waals surface area contributed by atoms with E-state index in [2.05, 4.69) is 10.3 Å². The van der Waals surface area contributed by atoms with E-state index < -0.39 is 17.6 Å². The van der Waals surface area contributed by atoms with Crippen LogP contribution in [-0.2, 0) is 17.5 Å². The fourth-order valence-corrected chi connectivity index (χ4v) is 2.78. The van der Waals surface area contributed by atoms with Crippen LogP contribution in [0.4, 0.5) is 13.2 Å². The van der Waals surface area contributed by atoms with Gasteiger partial charge in [-0.15, -0.1) is 0 Å². The van der Waals surface area contributed by atoms with Gasteiger partial charge in [-0.25, -0.2) is 4.98 Å². The molecule has 1 amide bonds. The van der Waals surface area contributed by atoms with Gasteiger partial charge in [0.05, 0.1) is 24.7 Å². The largest absolute Gasteiger partial charge is 0.495 e. The van der Waals surface area contributed by atoms with Gasteiger partial charge in [0, 0.05) is 25.0 Å². The third-order valence-corrected chi connectivity index (χ3v) is 4.19. The van der Waals surface area contributed by atoms with Gasteiger partial charge in [0.15, 0.2) is 0 Å². The molecule has 0 unspecified atom stereocenters. The first kappa shape index (κ1) is 20.2. The molecule has 29 heavy (non-hydrogen) atoms. The molecule has 0 bridgehead atoms. The standard InChI is InChI=1S/C21H18F3N3O2/c1-29-19-12-15(6-8-18(19)27-11-10-25-14-27)7-9-20(28)26-13-16-4-2-3-5-17(16)21(22,23)24/h2-12,14H,13H2,1H3,(H,26,28)/b9-7+. The Hall–Kier alpha value is -3.55. The molecule has 0 spiro atoms. The van der Waals surface area contributed by atoms with Crippen LogP contribution < -0.4 is 10.1 Å². The number of hydrogen-bond acceptors (Lipinski definition) is 3. The molecule has 1 heterocycles. The number of methoxy groups -OCH3 is 1. The molecule has 0 saturated carbocycles. The zero-order valence-corrected chi connectivity index (χ0v) is 15.5. The molecule has 0 atom stereocenters. The maximum Gasteiger partial charge on any atom is 0.416 e. The minimum absolute atomic E-state index is 0.00750. The monoisotopic (exact) mass is 401 g/mol. The molecule has 0 radical (unpaired) electrons. The quantitative estimate of drug-likeness (QED) is 0.629. The predicted molar refractivity (Wildman–Crippen MR) is 102 cm³/mol. The Kier molecular flexibility index (Phi) is 6.01. The van der Waals surface area contributed by atoms with Crippen LogP contribution >= 0.6 is 0 Å². The van der Waals surface area contributed by atoms with Crippen LogP contribution in [0.3, 0.4) is 0 Å². The van der Waals surface area contributed by atoms with Gasteiger partial charge in [0.1, 0.15) is 5.75 Å². The van der Waals surface area contributed by atoms with Crippen LogP contribution in [0.1, 0.15) is 16.7 Å². The lowest BCUT2D eigenvalue weighted by molar-refractivity contribution is -0.138. The molecule has 0 fully saturated rings. The van der Waals surface area contributed by atoms with Gasteiger partial charge >= 0.3 is 6.18 Å². The van der Waals surface area contributed by atoms with Gasteiger partial charge in [0.2, 0.25) is 5.91 Å². The van der Waals surface area contributed by atoms with Crippen LogP contribution in [-0.4, -0.2) is 22.6 Å². The Morgan fingerprint density at radius 2 is 2.03 bits per heavy atom. The van der Waals surface area contributed by atoms with Crippen LogP contribution in [0.25, 0.3) is 11.8 Å². The average Bonchev–Trinajstić information content (AvgIpc) is 3.24. The summed E-state index contributed by atoms with van der Waals surface area (Å²) in [6, 6.07) is 10.5. The normalized spacial score (nSPS) is 11.6. The Bertz CT molecular complexity index is 1010. The van der Waals surface area contributed by atoms with Gasteiger partial charge in [-0.2, -0.15) is 13.2 Å². The number of ether oxygens (including phenoxy) is 1. The van der Waals surface area contributed by atoms with Crippen LogP contribution in [0, 0.1) is 0 Å². The number of nitrogens with zero attached hydrogens (tertiary/aromatic N) is 2. The zero-order valence-electron chi connectivity index (χ0n) is 15.5. The molecule has 3 aromatic rings. The van der Waals surface area contributed by atoms with Crippen molar-refractivity contribution in [1.82, 2.24) is 14.9 Å². The molecule has 3 rings (SSSR count). The number of aromatic nitrogens is 2. The average molecular weight is 401 g/mol. The summed E-state index contributed by atoms with van der Waals surface area (Å²) >= 11 is 0. The summed E-state index contributed by atoms with van der Waals surface area (Å²) in [7, 11) is 1.54. The van der Waals surface area contributed by atoms with E-state index in [4.69, 9.17) is 4.74 Å². The van der Waals surface area contributed by atoms with E-state index in [-0.39, 0.29) is 12.1 Å². The summed E-state index contributed by atoms with van der Waals surface area (Å²) in [5.41, 5.74) is 0.740. The Labute approximate surface area is 165 Å². The van der Waals surface area contributed by atoms with Crippen molar-refractivity contribution in [1.29, 1.82) is 0 Å². The number of benzene rings is 2. The smallest absolute Gasteiger partial charge is 0.416 e. The number of nitrogens with one attached hydrogen (secondary N) is 1. The van der Waals surface area contributed by atoms with E-state index in [1.165, 1.54) is 31.4 Å². The van der Waals surface area contributed by atoms with E-state index >= 15 is 0 Å². The predicted octanol–water partition coefficient (Wildman–Crippen LogP) is 4.23. The lowest BCUT2D eigenvalue weighted by Crippen LogP contribution is -2.22. The second kappa shape index (κ2) is 8.64. The number of hydrogen-bond donors (Lipinski definition) is 1. The van der Waals surface area contributed by atoms with Crippen molar-refractivity contribution in [3.63, 3.8) is 0 Å². The first-order valence-corrected chi connectivity index (χ1v) is 8.66. The first-order chi connectivity index (χ1) is 13.9. The molecule has 0 aliphatic rings. The number of imidazole rings is 1. The first-order valence-electron chi connectivity index (χ1n) is 8.66. The van der Waals surface area contributed by atoms with E-state index in [1.807, 2.05) is 6.07 Å². The Morgan fingerprint density at radius 1 is 1.24 bits per heavy atom. The third-order valence-electron chi connectivity index (χ3n) is 4.19. The Balaban J connectivity index is 1.67. The van der Waals surface area contributed by atoms with E-state index in [0.717, 1.165) is 11.8 Å². The molecule has 0 saturated heterocycles. The summed E-state index contributed by atoms with van der Waals surface area (Å²) in [4.78, 5) is 16.0. The Morgan fingerprint density at radius 3 is 2.72 bits per heavy atom. The van der Waals surface area contributed by atoms with E-state index in [1.54, 1.807) is 41.5 Å². The molecular weight excluding hydrogens is 383 g/mol. The van der Waals surface area contributed by atoms with E-state index in [9.17, 15) is 18.0 Å². The minimum Gasteiger partial charge on any atom is -0.495 e. The number of halogens is 3. The lowest BCUT2D eigenvalue weighted by atomic mass is 10.1. The maximum atomic E-state index is 13.0. The number of carbonyl (C=O) groups is 1. The van der Waals surface area contributed by atoms with E-state index in [0.29, 0.717) is 11.3 Å².